The first-order valence-corrected chi connectivity index (χ1v) is 35.0. The van der Waals surface area contributed by atoms with Crippen LogP contribution < -0.4 is 31.3 Å². The van der Waals surface area contributed by atoms with Crippen molar-refractivity contribution in [2.75, 3.05) is 76.7 Å². The van der Waals surface area contributed by atoms with Gasteiger partial charge in [0.25, 0.3) is 29.3 Å². The van der Waals surface area contributed by atoms with E-state index in [0.717, 1.165) is 36.5 Å². The van der Waals surface area contributed by atoms with Crippen molar-refractivity contribution in [1.29, 1.82) is 0 Å². The fraction of sp³-hybridized carbons (Fsp3) is 0.444. The number of esters is 2. The fourth-order valence-electron chi connectivity index (χ4n) is 11.3. The minimum absolute atomic E-state index is 0.0558. The zero-order chi connectivity index (χ0) is 72.4. The van der Waals surface area contributed by atoms with E-state index in [2.05, 4.69) is 33.2 Å². The summed E-state index contributed by atoms with van der Waals surface area (Å²) in [4.78, 5) is 104. The minimum Gasteiger partial charge on any atom is -0.489 e. The molecular formula is C72H89N5O21S2. The van der Waals surface area contributed by atoms with Gasteiger partial charge in [-0.3, -0.25) is 28.8 Å². The summed E-state index contributed by atoms with van der Waals surface area (Å²) < 4.78 is 40.0. The van der Waals surface area contributed by atoms with Crippen LogP contribution in [0.4, 0.5) is 0 Å². The second kappa shape index (κ2) is 39.2. The van der Waals surface area contributed by atoms with E-state index in [1.54, 1.807) is 48.5 Å². The van der Waals surface area contributed by atoms with Crippen molar-refractivity contribution in [2.45, 2.75) is 125 Å². The molecule has 12 atom stereocenters. The van der Waals surface area contributed by atoms with Gasteiger partial charge >= 0.3 is 11.9 Å². The van der Waals surface area contributed by atoms with Gasteiger partial charge in [0.15, 0.2) is 5.78 Å². The molecule has 2 heterocycles. The van der Waals surface area contributed by atoms with Crippen molar-refractivity contribution < 1.29 is 102 Å². The highest BCUT2D eigenvalue weighted by molar-refractivity contribution is 7.99. The molecule has 11 N–H and O–H groups in total. The Bertz CT molecular complexity index is 3520. The number of hydrogen-bond acceptors (Lipinski definition) is 23. The van der Waals surface area contributed by atoms with Crippen molar-refractivity contribution in [3.63, 3.8) is 0 Å². The first-order valence-electron chi connectivity index (χ1n) is 32.7. The first kappa shape index (κ1) is 79.2. The van der Waals surface area contributed by atoms with Gasteiger partial charge in [-0.05, 0) is 101 Å². The lowest BCUT2D eigenvalue weighted by molar-refractivity contribution is -0.311. The average Bonchev–Trinajstić information content (AvgIpc) is 0.772. The van der Waals surface area contributed by atoms with Crippen molar-refractivity contribution in [3.05, 3.63) is 162 Å². The smallest absolute Gasteiger partial charge is 0.366 e. The lowest BCUT2D eigenvalue weighted by Gasteiger charge is -2.47. The third-order valence-corrected chi connectivity index (χ3v) is 18.7. The summed E-state index contributed by atoms with van der Waals surface area (Å²) in [5.41, 5.74) is 4.75. The number of ketones is 1. The van der Waals surface area contributed by atoms with Gasteiger partial charge in [-0.1, -0.05) is 97.6 Å². The highest BCUT2D eigenvalue weighted by Gasteiger charge is 2.58. The molecule has 0 aromatic heterocycles. The number of carbonyl (C=O) groups excluding carboxylic acids is 8. The Balaban J connectivity index is 0.826. The van der Waals surface area contributed by atoms with Crippen molar-refractivity contribution >= 4 is 70.8 Å². The van der Waals surface area contributed by atoms with Gasteiger partial charge in [-0.25, -0.2) is 9.59 Å². The molecule has 0 aliphatic carbocycles. The van der Waals surface area contributed by atoms with Crippen LogP contribution in [0.1, 0.15) is 93.8 Å². The van der Waals surface area contributed by atoms with Crippen LogP contribution in [0.15, 0.2) is 140 Å². The molecule has 0 spiro atoms. The summed E-state index contributed by atoms with van der Waals surface area (Å²) in [5, 5.41) is 81.0. The van der Waals surface area contributed by atoms with Gasteiger partial charge in [0, 0.05) is 75.2 Å². The molecule has 2 aliphatic rings. The Morgan fingerprint density at radius 2 is 0.970 bits per heavy atom. The SMILES string of the molecule is C=CCOc1cc(C(=O)NCCSCCCO[C@]2(C(=O)OC)C[C@H](O)[C@@H](NC(C)=O)[C@H]([C@H](O)[C@H](O)CNC(=O)c3ccc(-c4ccccc4)cc3)O2)ccc1C(=O)CCCSCCCO[C@]1(C(=O)OC)C[C@H](O)[C@@H](NC(C)=O)[C@H]([C@H](O)[C@H](O)CNC(=O)c2ccc(-c3ccccc3)cc2)O1. The molecule has 0 saturated carbocycles. The molecule has 5 amide bonds. The zero-order valence-electron chi connectivity index (χ0n) is 56.1. The van der Waals surface area contributed by atoms with E-state index in [9.17, 15) is 69.0 Å². The Kier molecular flexibility index (Phi) is 31.1. The predicted octanol–water partition coefficient (Wildman–Crippen LogP) is 3.91. The van der Waals surface area contributed by atoms with Crippen molar-refractivity contribution in [1.82, 2.24) is 26.6 Å². The maximum atomic E-state index is 13.6. The zero-order valence-corrected chi connectivity index (χ0v) is 57.8. The topological polar surface area (TPSA) is 383 Å². The molecule has 28 heteroatoms. The number of ether oxygens (including phenoxy) is 7. The van der Waals surface area contributed by atoms with Gasteiger partial charge in [0.1, 0.15) is 36.8 Å². The molecule has 5 aromatic carbocycles. The summed E-state index contributed by atoms with van der Waals surface area (Å²) in [6.45, 7) is 5.19. The maximum Gasteiger partial charge on any atom is 0.366 e. The maximum absolute atomic E-state index is 13.6. The Hall–Kier alpha value is -8.10. The van der Waals surface area contributed by atoms with Crippen LogP contribution in [-0.2, 0) is 47.6 Å². The summed E-state index contributed by atoms with van der Waals surface area (Å²) in [7, 11) is 2.16. The van der Waals surface area contributed by atoms with Gasteiger partial charge in [-0.15, -0.1) is 0 Å². The standard InChI is InChI=1S/C72H89N5O21S2/c1-6-32-94-59-39-52(68(89)73-31-38-100-37-15-34-96-72(70(91)93-5)41-56(82)61(77-45(3)79)65(98-72)63(86)58(84)43-75-67(88)51-27-23-49(24-28-51)47-18-11-8-12-19-47)29-30-53(59)54(80)20-13-35-99-36-14-33-95-71(69(90)92-4)40-55(81)60(76-44(2)78)64(97-71)62(85)57(83)42-74-66(87)50-25-21-48(22-26-50)46-16-9-7-10-17-46/h6-12,16-19,21-30,39,55-58,60-65,81-86H,1,13-15,20,31-38,40-43H2,2-5H3,(H,73,89)(H,74,87)(H,75,88)(H,76,78)(H,77,79)/t55-,56-,57+,58+,60+,61+,62+,63+,64+,65+,71+,72+/m0/s1. The Morgan fingerprint density at radius 1 is 0.560 bits per heavy atom. The number of Topliss-reactive ketones (excluding diaryl/α,β-unsaturated/α-hetero) is 1. The normalized spacial score (nSPS) is 21.5. The fourth-order valence-corrected chi connectivity index (χ4v) is 13.0. The highest BCUT2D eigenvalue weighted by Crippen LogP contribution is 2.37. The lowest BCUT2D eigenvalue weighted by Crippen LogP contribution is -2.68. The number of carbonyl (C=O) groups is 8. The van der Waals surface area contributed by atoms with Crippen LogP contribution in [-0.4, -0.2) is 227 Å². The van der Waals surface area contributed by atoms with Crippen LogP contribution in [0.3, 0.4) is 0 Å². The molecule has 2 saturated heterocycles. The van der Waals surface area contributed by atoms with Crippen molar-refractivity contribution in [2.24, 2.45) is 0 Å². The highest BCUT2D eigenvalue weighted by atomic mass is 32.2. The summed E-state index contributed by atoms with van der Waals surface area (Å²) in [6, 6.07) is 34.5. The lowest BCUT2D eigenvalue weighted by atomic mass is 9.88. The van der Waals surface area contributed by atoms with Gasteiger partial charge in [0.05, 0.1) is 69.5 Å². The van der Waals surface area contributed by atoms with E-state index >= 15 is 0 Å². The second-order valence-electron chi connectivity index (χ2n) is 23.8. The molecular weight excluding hydrogens is 1330 g/mol. The first-order chi connectivity index (χ1) is 48.0. The number of nitrogens with one attached hydrogen (secondary N) is 5. The molecule has 26 nitrogen and oxygen atoms in total. The third-order valence-electron chi connectivity index (χ3n) is 16.5. The number of rotatable bonds is 38. The quantitative estimate of drug-likeness (QED) is 0.0115. The summed E-state index contributed by atoms with van der Waals surface area (Å²) >= 11 is 2.95. The van der Waals surface area contributed by atoms with E-state index in [1.807, 2.05) is 60.7 Å². The molecule has 0 unspecified atom stereocenters. The summed E-state index contributed by atoms with van der Waals surface area (Å²) in [5.74, 6) is -7.42. The number of methoxy groups -OCH3 is 2. The van der Waals surface area contributed by atoms with Crippen LogP contribution in [0, 0.1) is 0 Å². The molecule has 2 fully saturated rings. The number of hydrogen-bond donors (Lipinski definition) is 11. The molecule has 100 heavy (non-hydrogen) atoms. The number of thioether (sulfide) groups is 2. The van der Waals surface area contributed by atoms with Crippen molar-refractivity contribution in [3.8, 4) is 28.0 Å². The Morgan fingerprint density at radius 3 is 1.40 bits per heavy atom. The number of aliphatic hydroxyl groups is 6. The summed E-state index contributed by atoms with van der Waals surface area (Å²) in [6.07, 6.45) is -11.8. The number of benzene rings is 5. The van der Waals surface area contributed by atoms with Crippen LogP contribution in [0.2, 0.25) is 0 Å². The van der Waals surface area contributed by atoms with Crippen LogP contribution in [0.25, 0.3) is 22.3 Å². The van der Waals surface area contributed by atoms with Gasteiger partial charge in [0.2, 0.25) is 11.8 Å². The van der Waals surface area contributed by atoms with Crippen LogP contribution >= 0.6 is 23.5 Å². The van der Waals surface area contributed by atoms with Crippen LogP contribution in [0.5, 0.6) is 5.75 Å². The molecule has 5 aromatic rings. The van der Waals surface area contributed by atoms with E-state index in [4.69, 9.17) is 33.2 Å². The number of amides is 5. The Labute approximate surface area is 588 Å². The van der Waals surface area contributed by atoms with E-state index < -0.39 is 140 Å². The monoisotopic (exact) mass is 1420 g/mol. The van der Waals surface area contributed by atoms with Gasteiger partial charge < -0.3 is 90.4 Å². The average molecular weight is 1420 g/mol. The molecule has 0 bridgehead atoms. The second-order valence-corrected chi connectivity index (χ2v) is 26.2. The third kappa shape index (κ3) is 22.2. The predicted molar refractivity (Wildman–Crippen MR) is 372 cm³/mol. The molecule has 2 aliphatic heterocycles. The minimum atomic E-state index is -2.27. The molecule has 0 radical (unpaired) electrons. The molecule has 540 valence electrons. The van der Waals surface area contributed by atoms with E-state index in [-0.39, 0.29) is 66.6 Å². The largest absolute Gasteiger partial charge is 0.489 e. The van der Waals surface area contributed by atoms with Gasteiger partial charge in [-0.2, -0.15) is 23.5 Å². The van der Waals surface area contributed by atoms with E-state index in [0.29, 0.717) is 42.3 Å². The number of aliphatic hydroxyl groups excluding tert-OH is 6. The van der Waals surface area contributed by atoms with E-state index in [1.165, 1.54) is 61.6 Å². The molecule has 7 rings (SSSR count).